The standard InChI is InChI=1S/C15H19FN2O/c16-13-5-3-12(4-6-13)15(7-1-2-8-15)18-14(19)11-9-17-10-11/h3-6,11,17H,1-2,7-10H2,(H,18,19). The lowest BCUT2D eigenvalue weighted by atomic mass is 9.87. The first-order valence-corrected chi connectivity index (χ1v) is 6.98. The maximum absolute atomic E-state index is 13.1. The molecule has 1 aromatic carbocycles. The largest absolute Gasteiger partial charge is 0.346 e. The van der Waals surface area contributed by atoms with Gasteiger partial charge < -0.3 is 10.6 Å². The number of benzene rings is 1. The van der Waals surface area contributed by atoms with Gasteiger partial charge in [-0.25, -0.2) is 4.39 Å². The molecule has 1 heterocycles. The smallest absolute Gasteiger partial charge is 0.226 e. The first kappa shape index (κ1) is 12.6. The predicted molar refractivity (Wildman–Crippen MR) is 71.0 cm³/mol. The molecule has 0 unspecified atom stereocenters. The summed E-state index contributed by atoms with van der Waals surface area (Å²) in [5, 5.41) is 6.35. The molecule has 0 atom stereocenters. The van der Waals surface area contributed by atoms with Crippen molar-refractivity contribution in [2.75, 3.05) is 13.1 Å². The Labute approximate surface area is 112 Å². The van der Waals surface area contributed by atoms with Crippen LogP contribution in [0.25, 0.3) is 0 Å². The molecule has 0 bridgehead atoms. The molecule has 1 saturated heterocycles. The predicted octanol–water partition coefficient (Wildman–Crippen LogP) is 1.93. The van der Waals surface area contributed by atoms with Crippen molar-refractivity contribution in [1.29, 1.82) is 0 Å². The Balaban J connectivity index is 1.82. The fourth-order valence-electron chi connectivity index (χ4n) is 3.05. The van der Waals surface area contributed by atoms with Crippen LogP contribution in [0.4, 0.5) is 4.39 Å². The van der Waals surface area contributed by atoms with Crippen molar-refractivity contribution in [2.24, 2.45) is 5.92 Å². The summed E-state index contributed by atoms with van der Waals surface area (Å²) >= 11 is 0. The maximum atomic E-state index is 13.1. The van der Waals surface area contributed by atoms with Crippen LogP contribution in [0.2, 0.25) is 0 Å². The van der Waals surface area contributed by atoms with Crippen molar-refractivity contribution >= 4 is 5.91 Å². The van der Waals surface area contributed by atoms with E-state index in [4.69, 9.17) is 0 Å². The second-order valence-electron chi connectivity index (χ2n) is 5.64. The zero-order valence-electron chi connectivity index (χ0n) is 10.9. The number of hydrogen-bond donors (Lipinski definition) is 2. The number of halogens is 1. The highest BCUT2D eigenvalue weighted by atomic mass is 19.1. The van der Waals surface area contributed by atoms with Gasteiger partial charge in [-0.15, -0.1) is 0 Å². The monoisotopic (exact) mass is 262 g/mol. The summed E-state index contributed by atoms with van der Waals surface area (Å²) in [4.78, 5) is 12.2. The molecule has 2 fully saturated rings. The van der Waals surface area contributed by atoms with E-state index in [1.807, 2.05) is 0 Å². The normalized spacial score (nSPS) is 21.9. The lowest BCUT2D eigenvalue weighted by molar-refractivity contribution is -0.128. The third kappa shape index (κ3) is 2.37. The van der Waals surface area contributed by atoms with Gasteiger partial charge in [0.1, 0.15) is 5.82 Å². The first-order chi connectivity index (χ1) is 9.20. The van der Waals surface area contributed by atoms with Crippen LogP contribution in [0.5, 0.6) is 0 Å². The third-order valence-corrected chi connectivity index (χ3v) is 4.37. The van der Waals surface area contributed by atoms with Gasteiger partial charge in [-0.1, -0.05) is 25.0 Å². The van der Waals surface area contributed by atoms with Crippen LogP contribution in [0.3, 0.4) is 0 Å². The highest BCUT2D eigenvalue weighted by molar-refractivity contribution is 5.81. The van der Waals surface area contributed by atoms with E-state index in [0.29, 0.717) is 0 Å². The van der Waals surface area contributed by atoms with Crippen LogP contribution >= 0.6 is 0 Å². The van der Waals surface area contributed by atoms with E-state index in [9.17, 15) is 9.18 Å². The number of amides is 1. The molecule has 3 rings (SSSR count). The molecule has 1 amide bonds. The highest BCUT2D eigenvalue weighted by Crippen LogP contribution is 2.39. The molecule has 0 radical (unpaired) electrons. The molecule has 0 aromatic heterocycles. The zero-order chi connectivity index (χ0) is 13.3. The second-order valence-corrected chi connectivity index (χ2v) is 5.64. The second kappa shape index (κ2) is 4.93. The summed E-state index contributed by atoms with van der Waals surface area (Å²) in [6.07, 6.45) is 4.12. The van der Waals surface area contributed by atoms with Crippen LogP contribution in [0.1, 0.15) is 31.2 Å². The van der Waals surface area contributed by atoms with Gasteiger partial charge in [0.05, 0.1) is 11.5 Å². The van der Waals surface area contributed by atoms with E-state index in [-0.39, 0.29) is 23.2 Å². The summed E-state index contributed by atoms with van der Waals surface area (Å²) in [7, 11) is 0. The molecule has 2 N–H and O–H groups in total. The molecular weight excluding hydrogens is 243 g/mol. The van der Waals surface area contributed by atoms with Gasteiger partial charge in [0.2, 0.25) is 5.91 Å². The summed E-state index contributed by atoms with van der Waals surface area (Å²) in [5.74, 6) is -0.00526. The lowest BCUT2D eigenvalue weighted by Crippen LogP contribution is -2.55. The Bertz CT molecular complexity index is 462. The van der Waals surface area contributed by atoms with Crippen LogP contribution in [-0.2, 0) is 10.3 Å². The van der Waals surface area contributed by atoms with Gasteiger partial charge in [0.15, 0.2) is 0 Å². The van der Waals surface area contributed by atoms with E-state index in [1.54, 1.807) is 12.1 Å². The Morgan fingerprint density at radius 3 is 2.37 bits per heavy atom. The lowest BCUT2D eigenvalue weighted by Gasteiger charge is -2.35. The van der Waals surface area contributed by atoms with Gasteiger partial charge in [-0.3, -0.25) is 4.79 Å². The Kier molecular flexibility index (Phi) is 3.27. The van der Waals surface area contributed by atoms with Crippen LogP contribution in [0, 0.1) is 11.7 Å². The van der Waals surface area contributed by atoms with E-state index in [1.165, 1.54) is 12.1 Å². The molecule has 0 spiro atoms. The molecule has 1 saturated carbocycles. The molecule has 1 aliphatic heterocycles. The number of rotatable bonds is 3. The summed E-state index contributed by atoms with van der Waals surface area (Å²) in [6, 6.07) is 6.57. The molecule has 1 aromatic rings. The SMILES string of the molecule is O=C(NC1(c2ccc(F)cc2)CCCC1)C1CNC1. The van der Waals surface area contributed by atoms with E-state index >= 15 is 0 Å². The molecular formula is C15H19FN2O. The molecule has 4 heteroatoms. The average molecular weight is 262 g/mol. The number of hydrogen-bond acceptors (Lipinski definition) is 2. The molecule has 1 aliphatic carbocycles. The topological polar surface area (TPSA) is 41.1 Å². The van der Waals surface area contributed by atoms with Crippen molar-refractivity contribution in [3.05, 3.63) is 35.6 Å². The minimum atomic E-state index is -0.277. The maximum Gasteiger partial charge on any atom is 0.226 e. The highest BCUT2D eigenvalue weighted by Gasteiger charge is 2.39. The summed E-state index contributed by atoms with van der Waals surface area (Å²) in [6.45, 7) is 1.54. The minimum Gasteiger partial charge on any atom is -0.346 e. The van der Waals surface area contributed by atoms with Crippen LogP contribution < -0.4 is 10.6 Å². The average Bonchev–Trinajstić information content (AvgIpc) is 2.77. The first-order valence-electron chi connectivity index (χ1n) is 6.98. The molecule has 19 heavy (non-hydrogen) atoms. The van der Waals surface area contributed by atoms with E-state index in [2.05, 4.69) is 10.6 Å². The van der Waals surface area contributed by atoms with Gasteiger partial charge in [-0.05, 0) is 30.5 Å². The number of carbonyl (C=O) groups excluding carboxylic acids is 1. The van der Waals surface area contributed by atoms with Crippen molar-refractivity contribution in [3.8, 4) is 0 Å². The van der Waals surface area contributed by atoms with Gasteiger partial charge >= 0.3 is 0 Å². The molecule has 2 aliphatic rings. The van der Waals surface area contributed by atoms with Crippen molar-refractivity contribution < 1.29 is 9.18 Å². The number of carbonyl (C=O) groups is 1. The summed E-state index contributed by atoms with van der Waals surface area (Å²) in [5.41, 5.74) is 0.757. The minimum absolute atomic E-state index is 0.0953. The Morgan fingerprint density at radius 2 is 1.84 bits per heavy atom. The van der Waals surface area contributed by atoms with Gasteiger partial charge in [0.25, 0.3) is 0 Å². The fraction of sp³-hybridized carbons (Fsp3) is 0.533. The Morgan fingerprint density at radius 1 is 1.21 bits per heavy atom. The zero-order valence-corrected chi connectivity index (χ0v) is 10.9. The van der Waals surface area contributed by atoms with E-state index < -0.39 is 0 Å². The summed E-state index contributed by atoms with van der Waals surface area (Å²) < 4.78 is 13.1. The molecule has 3 nitrogen and oxygen atoms in total. The number of nitrogens with one attached hydrogen (secondary N) is 2. The van der Waals surface area contributed by atoms with Crippen molar-refractivity contribution in [1.82, 2.24) is 10.6 Å². The van der Waals surface area contributed by atoms with E-state index in [0.717, 1.165) is 44.3 Å². The van der Waals surface area contributed by atoms with Crippen molar-refractivity contribution in [3.63, 3.8) is 0 Å². The molecule has 102 valence electrons. The third-order valence-electron chi connectivity index (χ3n) is 4.37. The fourth-order valence-corrected chi connectivity index (χ4v) is 3.05. The van der Waals surface area contributed by atoms with Gasteiger partial charge in [-0.2, -0.15) is 0 Å². The van der Waals surface area contributed by atoms with Gasteiger partial charge in [0, 0.05) is 13.1 Å². The Hall–Kier alpha value is -1.42. The van der Waals surface area contributed by atoms with Crippen molar-refractivity contribution in [2.45, 2.75) is 31.2 Å². The van der Waals surface area contributed by atoms with Crippen LogP contribution in [-0.4, -0.2) is 19.0 Å². The van der Waals surface area contributed by atoms with Crippen LogP contribution in [0.15, 0.2) is 24.3 Å². The quantitative estimate of drug-likeness (QED) is 0.874.